The van der Waals surface area contributed by atoms with E-state index in [1.807, 2.05) is 0 Å². The number of hydrogen-bond donors (Lipinski definition) is 0. The van der Waals surface area contributed by atoms with Crippen molar-refractivity contribution in [2.45, 2.75) is 6.42 Å². The molecule has 2 rings (SSSR count). The second-order valence-electron chi connectivity index (χ2n) is 4.41. The Labute approximate surface area is 127 Å². The molecule has 0 fully saturated rings. The molecule has 0 saturated heterocycles. The van der Waals surface area contributed by atoms with Crippen LogP contribution in [0.1, 0.15) is 15.9 Å². The molecule has 0 heterocycles. The second-order valence-corrected chi connectivity index (χ2v) is 4.82. The maximum Gasteiger partial charge on any atom is 0.170 e. The Kier molecular flexibility index (Phi) is 4.81. The molecular formula is C16H14ClFO3. The summed E-state index contributed by atoms with van der Waals surface area (Å²) in [6.07, 6.45) is 0.0662. The lowest BCUT2D eigenvalue weighted by molar-refractivity contribution is 0.0990. The number of Topliss-reactive ketones (excluding diaryl/α,β-unsaturated/α-hetero) is 1. The first-order chi connectivity index (χ1) is 10.0. The molecule has 0 bridgehead atoms. The highest BCUT2D eigenvalue weighted by Gasteiger charge is 2.14. The van der Waals surface area contributed by atoms with Gasteiger partial charge in [-0.3, -0.25) is 4.79 Å². The molecule has 5 heteroatoms. The average Bonchev–Trinajstić information content (AvgIpc) is 2.50. The normalized spacial score (nSPS) is 10.3. The van der Waals surface area contributed by atoms with Gasteiger partial charge in [-0.25, -0.2) is 4.39 Å². The number of carbonyl (C=O) groups is 1. The van der Waals surface area contributed by atoms with Crippen LogP contribution in [-0.4, -0.2) is 20.0 Å². The van der Waals surface area contributed by atoms with Gasteiger partial charge in [0.15, 0.2) is 5.78 Å². The van der Waals surface area contributed by atoms with Crippen LogP contribution in [-0.2, 0) is 6.42 Å². The van der Waals surface area contributed by atoms with Crippen LogP contribution in [0.3, 0.4) is 0 Å². The fourth-order valence-corrected chi connectivity index (χ4v) is 2.08. The van der Waals surface area contributed by atoms with E-state index in [1.165, 1.54) is 26.4 Å². The van der Waals surface area contributed by atoms with Crippen LogP contribution in [0.15, 0.2) is 36.4 Å². The number of carbonyl (C=O) groups excluding carboxylic acids is 1. The van der Waals surface area contributed by atoms with E-state index in [1.54, 1.807) is 24.3 Å². The van der Waals surface area contributed by atoms with Gasteiger partial charge < -0.3 is 9.47 Å². The van der Waals surface area contributed by atoms with Gasteiger partial charge in [-0.05, 0) is 29.8 Å². The van der Waals surface area contributed by atoms with E-state index in [9.17, 15) is 9.18 Å². The summed E-state index contributed by atoms with van der Waals surface area (Å²) in [5, 5.41) is 0.0354. The fourth-order valence-electron chi connectivity index (χ4n) is 1.96. The van der Waals surface area contributed by atoms with Crippen molar-refractivity contribution in [3.05, 3.63) is 58.4 Å². The highest BCUT2D eigenvalue weighted by Crippen LogP contribution is 2.26. The van der Waals surface area contributed by atoms with Gasteiger partial charge in [0.2, 0.25) is 0 Å². The smallest absolute Gasteiger partial charge is 0.170 e. The zero-order valence-electron chi connectivity index (χ0n) is 11.7. The zero-order chi connectivity index (χ0) is 15.4. The minimum Gasteiger partial charge on any atom is -0.497 e. The van der Waals surface area contributed by atoms with Crippen LogP contribution in [0.2, 0.25) is 5.02 Å². The summed E-state index contributed by atoms with van der Waals surface area (Å²) in [6.45, 7) is 0. The zero-order valence-corrected chi connectivity index (χ0v) is 12.4. The summed E-state index contributed by atoms with van der Waals surface area (Å²) in [6, 6.07) is 9.26. The fraction of sp³-hybridized carbons (Fsp3) is 0.188. The van der Waals surface area contributed by atoms with E-state index in [0.29, 0.717) is 22.6 Å². The first kappa shape index (κ1) is 15.3. The largest absolute Gasteiger partial charge is 0.497 e. The molecular weight excluding hydrogens is 295 g/mol. The molecule has 2 aromatic carbocycles. The molecule has 0 aliphatic rings. The molecule has 0 aliphatic carbocycles. The summed E-state index contributed by atoms with van der Waals surface area (Å²) in [4.78, 5) is 12.3. The molecule has 21 heavy (non-hydrogen) atoms. The predicted octanol–water partition coefficient (Wildman–Crippen LogP) is 3.92. The molecule has 0 unspecified atom stereocenters. The van der Waals surface area contributed by atoms with Crippen molar-refractivity contribution in [3.8, 4) is 11.5 Å². The summed E-state index contributed by atoms with van der Waals surface area (Å²) in [5.74, 6) is 0.314. The van der Waals surface area contributed by atoms with E-state index in [-0.39, 0.29) is 17.2 Å². The van der Waals surface area contributed by atoms with Gasteiger partial charge in [-0.1, -0.05) is 17.7 Å². The van der Waals surface area contributed by atoms with Gasteiger partial charge in [0, 0.05) is 12.5 Å². The topological polar surface area (TPSA) is 35.5 Å². The van der Waals surface area contributed by atoms with Crippen LogP contribution in [0, 0.1) is 5.82 Å². The Balaban J connectivity index is 2.25. The minimum absolute atomic E-state index is 0.0354. The molecule has 0 N–H and O–H groups in total. The van der Waals surface area contributed by atoms with Crippen LogP contribution in [0.25, 0.3) is 0 Å². The third-order valence-corrected chi connectivity index (χ3v) is 3.36. The number of methoxy groups -OCH3 is 2. The molecule has 0 aromatic heterocycles. The number of ketones is 1. The van der Waals surface area contributed by atoms with Gasteiger partial charge in [0.05, 0.1) is 24.8 Å². The van der Waals surface area contributed by atoms with Crippen molar-refractivity contribution < 1.29 is 18.7 Å². The second kappa shape index (κ2) is 6.59. The van der Waals surface area contributed by atoms with E-state index in [4.69, 9.17) is 21.1 Å². The van der Waals surface area contributed by atoms with Gasteiger partial charge in [-0.15, -0.1) is 0 Å². The van der Waals surface area contributed by atoms with Crippen molar-refractivity contribution in [2.24, 2.45) is 0 Å². The summed E-state index contributed by atoms with van der Waals surface area (Å²) in [5.41, 5.74) is 0.980. The van der Waals surface area contributed by atoms with Crippen molar-refractivity contribution in [3.63, 3.8) is 0 Å². The standard InChI is InChI=1S/C16H14ClFO3/c1-20-11-4-5-12(16(9-11)21-2)15(19)8-10-3-6-13(17)14(18)7-10/h3-7,9H,8H2,1-2H3. The first-order valence-electron chi connectivity index (χ1n) is 6.24. The van der Waals surface area contributed by atoms with E-state index in [2.05, 4.69) is 0 Å². The maximum absolute atomic E-state index is 13.4. The molecule has 3 nitrogen and oxygen atoms in total. The lowest BCUT2D eigenvalue weighted by Crippen LogP contribution is -2.06. The van der Waals surface area contributed by atoms with Crippen LogP contribution in [0.5, 0.6) is 11.5 Å². The summed E-state index contributed by atoms with van der Waals surface area (Å²) < 4.78 is 23.7. The number of benzene rings is 2. The quantitative estimate of drug-likeness (QED) is 0.785. The van der Waals surface area contributed by atoms with Crippen LogP contribution >= 0.6 is 11.6 Å². The third kappa shape index (κ3) is 3.52. The number of hydrogen-bond acceptors (Lipinski definition) is 3. The highest BCUT2D eigenvalue weighted by molar-refractivity contribution is 6.30. The van der Waals surface area contributed by atoms with E-state index in [0.717, 1.165) is 0 Å². The first-order valence-corrected chi connectivity index (χ1v) is 6.62. The molecule has 0 aliphatic heterocycles. The van der Waals surface area contributed by atoms with E-state index >= 15 is 0 Å². The Morgan fingerprint density at radius 2 is 1.90 bits per heavy atom. The summed E-state index contributed by atoms with van der Waals surface area (Å²) in [7, 11) is 3.01. The third-order valence-electron chi connectivity index (χ3n) is 3.06. The van der Waals surface area contributed by atoms with Crippen LogP contribution in [0.4, 0.5) is 4.39 Å². The lowest BCUT2D eigenvalue weighted by atomic mass is 10.0. The molecule has 0 spiro atoms. The molecule has 110 valence electrons. The van der Waals surface area contributed by atoms with Gasteiger partial charge >= 0.3 is 0 Å². The number of rotatable bonds is 5. The molecule has 2 aromatic rings. The number of halogens is 2. The maximum atomic E-state index is 13.4. The van der Waals surface area contributed by atoms with Crippen molar-refractivity contribution in [2.75, 3.05) is 14.2 Å². The number of ether oxygens (including phenoxy) is 2. The monoisotopic (exact) mass is 308 g/mol. The SMILES string of the molecule is COc1ccc(C(=O)Cc2ccc(Cl)c(F)c2)c(OC)c1. The Morgan fingerprint density at radius 3 is 2.52 bits per heavy atom. The van der Waals surface area contributed by atoms with E-state index < -0.39 is 5.82 Å². The lowest BCUT2D eigenvalue weighted by Gasteiger charge is -2.10. The Morgan fingerprint density at radius 1 is 1.14 bits per heavy atom. The van der Waals surface area contributed by atoms with Gasteiger partial charge in [0.1, 0.15) is 17.3 Å². The molecule has 0 radical (unpaired) electrons. The summed E-state index contributed by atoms with van der Waals surface area (Å²) >= 11 is 5.62. The highest BCUT2D eigenvalue weighted by atomic mass is 35.5. The van der Waals surface area contributed by atoms with Gasteiger partial charge in [0.25, 0.3) is 0 Å². The minimum atomic E-state index is -0.538. The predicted molar refractivity (Wildman–Crippen MR) is 79.0 cm³/mol. The average molecular weight is 309 g/mol. The molecule has 0 saturated carbocycles. The van der Waals surface area contributed by atoms with Crippen molar-refractivity contribution in [1.29, 1.82) is 0 Å². The molecule has 0 atom stereocenters. The van der Waals surface area contributed by atoms with Crippen LogP contribution < -0.4 is 9.47 Å². The molecule has 0 amide bonds. The Bertz CT molecular complexity index is 671. The van der Waals surface area contributed by atoms with Crippen molar-refractivity contribution in [1.82, 2.24) is 0 Å². The Hall–Kier alpha value is -2.07. The van der Waals surface area contributed by atoms with Crippen molar-refractivity contribution >= 4 is 17.4 Å². The van der Waals surface area contributed by atoms with Gasteiger partial charge in [-0.2, -0.15) is 0 Å².